The van der Waals surface area contributed by atoms with E-state index in [1.807, 2.05) is 6.07 Å². The minimum atomic E-state index is -0.166. The Bertz CT molecular complexity index is 346. The van der Waals surface area contributed by atoms with Gasteiger partial charge in [0.05, 0.1) is 0 Å². The van der Waals surface area contributed by atoms with Gasteiger partial charge in [-0.05, 0) is 31.7 Å². The van der Waals surface area contributed by atoms with Gasteiger partial charge < -0.3 is 11.1 Å². The fraction of sp³-hybridized carbons (Fsp3) is 0.545. The number of hydrogen-bond acceptors (Lipinski definition) is 4. The molecule has 1 aromatic heterocycles. The fourth-order valence-electron chi connectivity index (χ4n) is 2.11. The largest absolute Gasteiger partial charge is 0.369 e. The Morgan fingerprint density at radius 2 is 2.12 bits per heavy atom. The molecular weight excluding hydrogens is 204 g/mol. The van der Waals surface area contributed by atoms with Gasteiger partial charge >= 0.3 is 0 Å². The van der Waals surface area contributed by atoms with E-state index >= 15 is 0 Å². The second-order valence-electron chi connectivity index (χ2n) is 4.19. The molecule has 0 saturated heterocycles. The number of primary amides is 1. The maximum absolute atomic E-state index is 11.0. The normalized spacial score (nSPS) is 25.0. The number of aromatic nitrogens is 2. The molecule has 0 unspecified atom stereocenters. The van der Waals surface area contributed by atoms with Crippen molar-refractivity contribution < 1.29 is 4.79 Å². The molecule has 2 rings (SSSR count). The number of carbonyl (C=O) groups is 1. The Balaban J connectivity index is 1.84. The van der Waals surface area contributed by atoms with Crippen molar-refractivity contribution >= 4 is 11.7 Å². The standard InChI is InChI=1S/C11H16N4O/c12-11(16)8-1-3-9(4-2-8)15-10-5-6-13-7-14-10/h5-9H,1-4H2,(H2,12,16)(H,13,14,15)/t8-,9+. The molecule has 16 heavy (non-hydrogen) atoms. The van der Waals surface area contributed by atoms with Crippen LogP contribution in [-0.4, -0.2) is 21.9 Å². The number of nitrogens with one attached hydrogen (secondary N) is 1. The first-order valence-electron chi connectivity index (χ1n) is 5.57. The van der Waals surface area contributed by atoms with Crippen LogP contribution < -0.4 is 11.1 Å². The number of rotatable bonds is 3. The summed E-state index contributed by atoms with van der Waals surface area (Å²) in [5.41, 5.74) is 5.29. The maximum atomic E-state index is 11.0. The molecule has 1 aliphatic rings. The highest BCUT2D eigenvalue weighted by molar-refractivity contribution is 5.76. The summed E-state index contributed by atoms with van der Waals surface area (Å²) in [5, 5.41) is 3.34. The fourth-order valence-corrected chi connectivity index (χ4v) is 2.11. The van der Waals surface area contributed by atoms with Crippen molar-refractivity contribution in [1.82, 2.24) is 9.97 Å². The van der Waals surface area contributed by atoms with Crippen LogP contribution in [0.2, 0.25) is 0 Å². The van der Waals surface area contributed by atoms with Gasteiger partial charge in [-0.15, -0.1) is 0 Å². The van der Waals surface area contributed by atoms with Crippen molar-refractivity contribution in [3.8, 4) is 0 Å². The van der Waals surface area contributed by atoms with Crippen molar-refractivity contribution in [2.75, 3.05) is 5.32 Å². The highest BCUT2D eigenvalue weighted by Crippen LogP contribution is 2.25. The molecule has 86 valence electrons. The summed E-state index contributed by atoms with van der Waals surface area (Å²) in [6.07, 6.45) is 6.92. The molecule has 1 amide bonds. The van der Waals surface area contributed by atoms with Crippen molar-refractivity contribution in [3.05, 3.63) is 18.6 Å². The van der Waals surface area contributed by atoms with Gasteiger partial charge in [0.25, 0.3) is 0 Å². The number of hydrogen-bond donors (Lipinski definition) is 2. The smallest absolute Gasteiger partial charge is 0.220 e. The molecule has 0 aliphatic heterocycles. The van der Waals surface area contributed by atoms with Crippen molar-refractivity contribution in [2.45, 2.75) is 31.7 Å². The van der Waals surface area contributed by atoms with Crippen molar-refractivity contribution in [3.63, 3.8) is 0 Å². The van der Waals surface area contributed by atoms with Gasteiger partial charge in [0.2, 0.25) is 5.91 Å². The van der Waals surface area contributed by atoms with Crippen LogP contribution in [0.25, 0.3) is 0 Å². The first-order chi connectivity index (χ1) is 7.75. The van der Waals surface area contributed by atoms with E-state index in [1.54, 1.807) is 6.20 Å². The van der Waals surface area contributed by atoms with Crippen LogP contribution in [0.5, 0.6) is 0 Å². The summed E-state index contributed by atoms with van der Waals surface area (Å²) >= 11 is 0. The van der Waals surface area contributed by atoms with Gasteiger partial charge in [0, 0.05) is 18.2 Å². The highest BCUT2D eigenvalue weighted by atomic mass is 16.1. The number of nitrogens with two attached hydrogens (primary N) is 1. The van der Waals surface area contributed by atoms with E-state index < -0.39 is 0 Å². The summed E-state index contributed by atoms with van der Waals surface area (Å²) in [6.45, 7) is 0. The zero-order valence-corrected chi connectivity index (χ0v) is 9.10. The van der Waals surface area contributed by atoms with Crippen molar-refractivity contribution in [1.29, 1.82) is 0 Å². The monoisotopic (exact) mass is 220 g/mol. The molecule has 5 heteroatoms. The van der Waals surface area contributed by atoms with Crippen LogP contribution in [0.4, 0.5) is 5.82 Å². The molecule has 0 spiro atoms. The van der Waals surface area contributed by atoms with Crippen LogP contribution in [0.15, 0.2) is 18.6 Å². The van der Waals surface area contributed by atoms with E-state index in [1.165, 1.54) is 6.33 Å². The molecule has 0 radical (unpaired) electrons. The first-order valence-corrected chi connectivity index (χ1v) is 5.57. The third kappa shape index (κ3) is 2.68. The summed E-state index contributed by atoms with van der Waals surface area (Å²) in [7, 11) is 0. The van der Waals surface area contributed by atoms with E-state index in [9.17, 15) is 4.79 Å². The van der Waals surface area contributed by atoms with Gasteiger partial charge in [-0.1, -0.05) is 0 Å². The molecule has 5 nitrogen and oxygen atoms in total. The van der Waals surface area contributed by atoms with Gasteiger partial charge in [0.1, 0.15) is 12.1 Å². The Kier molecular flexibility index (Phi) is 3.34. The molecule has 1 aliphatic carbocycles. The zero-order valence-electron chi connectivity index (χ0n) is 9.10. The van der Waals surface area contributed by atoms with Crippen LogP contribution in [0.3, 0.4) is 0 Å². The molecule has 1 fully saturated rings. The summed E-state index contributed by atoms with van der Waals surface area (Å²) < 4.78 is 0. The predicted molar refractivity (Wildman–Crippen MR) is 60.6 cm³/mol. The lowest BCUT2D eigenvalue weighted by atomic mass is 9.85. The van der Waals surface area contributed by atoms with E-state index in [2.05, 4.69) is 15.3 Å². The Hall–Kier alpha value is -1.65. The first kappa shape index (κ1) is 10.9. The lowest BCUT2D eigenvalue weighted by Gasteiger charge is -2.27. The van der Waals surface area contributed by atoms with E-state index in [0.717, 1.165) is 31.5 Å². The second-order valence-corrected chi connectivity index (χ2v) is 4.19. The van der Waals surface area contributed by atoms with Gasteiger partial charge in [-0.2, -0.15) is 0 Å². The van der Waals surface area contributed by atoms with Crippen LogP contribution in [0.1, 0.15) is 25.7 Å². The van der Waals surface area contributed by atoms with E-state index in [-0.39, 0.29) is 11.8 Å². The minimum Gasteiger partial charge on any atom is -0.369 e. The molecular formula is C11H16N4O. The Labute approximate surface area is 94.5 Å². The average molecular weight is 220 g/mol. The zero-order chi connectivity index (χ0) is 11.4. The van der Waals surface area contributed by atoms with E-state index in [0.29, 0.717) is 6.04 Å². The summed E-state index contributed by atoms with van der Waals surface area (Å²) in [5.74, 6) is 0.737. The lowest BCUT2D eigenvalue weighted by Crippen LogP contribution is -2.32. The minimum absolute atomic E-state index is 0.0587. The van der Waals surface area contributed by atoms with Gasteiger partial charge in [0.15, 0.2) is 0 Å². The average Bonchev–Trinajstić information content (AvgIpc) is 2.31. The van der Waals surface area contributed by atoms with Crippen LogP contribution >= 0.6 is 0 Å². The highest BCUT2D eigenvalue weighted by Gasteiger charge is 2.24. The molecule has 3 N–H and O–H groups in total. The summed E-state index contributed by atoms with van der Waals surface area (Å²) in [4.78, 5) is 19.0. The second kappa shape index (κ2) is 4.92. The Morgan fingerprint density at radius 1 is 1.38 bits per heavy atom. The molecule has 1 heterocycles. The van der Waals surface area contributed by atoms with Crippen LogP contribution in [0, 0.1) is 5.92 Å². The maximum Gasteiger partial charge on any atom is 0.220 e. The molecule has 1 aromatic rings. The quantitative estimate of drug-likeness (QED) is 0.794. The molecule has 1 saturated carbocycles. The summed E-state index contributed by atoms with van der Waals surface area (Å²) in [6, 6.07) is 2.24. The predicted octanol–water partition coefficient (Wildman–Crippen LogP) is 0.933. The number of anilines is 1. The third-order valence-electron chi connectivity index (χ3n) is 3.06. The van der Waals surface area contributed by atoms with Crippen LogP contribution in [-0.2, 0) is 4.79 Å². The SMILES string of the molecule is NC(=O)[C@H]1CC[C@@H](Nc2ccncn2)CC1. The van der Waals surface area contributed by atoms with E-state index in [4.69, 9.17) is 5.73 Å². The molecule has 0 aromatic carbocycles. The number of carbonyl (C=O) groups excluding carboxylic acids is 1. The van der Waals surface area contributed by atoms with Gasteiger partial charge in [-0.25, -0.2) is 9.97 Å². The van der Waals surface area contributed by atoms with Crippen molar-refractivity contribution in [2.24, 2.45) is 11.7 Å². The number of nitrogens with zero attached hydrogens (tertiary/aromatic N) is 2. The molecule has 0 bridgehead atoms. The van der Waals surface area contributed by atoms with Gasteiger partial charge in [-0.3, -0.25) is 4.79 Å². The lowest BCUT2D eigenvalue weighted by molar-refractivity contribution is -0.122. The number of amides is 1. The topological polar surface area (TPSA) is 80.9 Å². The Morgan fingerprint density at radius 3 is 2.69 bits per heavy atom. The molecule has 0 atom stereocenters. The third-order valence-corrected chi connectivity index (χ3v) is 3.06.